The van der Waals surface area contributed by atoms with Crippen LogP contribution in [0.5, 0.6) is 0 Å². The van der Waals surface area contributed by atoms with Gasteiger partial charge in [0.2, 0.25) is 0 Å². The maximum atomic E-state index is 12.7. The Kier molecular flexibility index (Phi) is 4.48. The van der Waals surface area contributed by atoms with E-state index in [2.05, 4.69) is 5.32 Å². The van der Waals surface area contributed by atoms with Crippen molar-refractivity contribution in [1.29, 1.82) is 0 Å². The third-order valence-electron chi connectivity index (χ3n) is 6.12. The lowest BCUT2D eigenvalue weighted by Crippen LogP contribution is -2.48. The van der Waals surface area contributed by atoms with Crippen molar-refractivity contribution < 1.29 is 13.2 Å². The predicted molar refractivity (Wildman–Crippen MR) is 95.9 cm³/mol. The van der Waals surface area contributed by atoms with Crippen LogP contribution in [-0.4, -0.2) is 44.2 Å². The molecule has 2 atom stereocenters. The van der Waals surface area contributed by atoms with E-state index < -0.39 is 9.84 Å². The molecular weight excluding hydrogens is 336 g/mol. The molecule has 2 saturated heterocycles. The zero-order valence-corrected chi connectivity index (χ0v) is 15.2. The second kappa shape index (κ2) is 6.63. The molecule has 2 aliphatic carbocycles. The van der Waals surface area contributed by atoms with E-state index in [1.165, 1.54) is 19.3 Å². The smallest absolute Gasteiger partial charge is 0.317 e. The van der Waals surface area contributed by atoms with E-state index in [0.717, 1.165) is 31.2 Å². The molecule has 2 amide bonds. The van der Waals surface area contributed by atoms with Crippen molar-refractivity contribution in [3.05, 3.63) is 30.3 Å². The zero-order valence-electron chi connectivity index (χ0n) is 14.4. The lowest BCUT2D eigenvalue weighted by atomic mass is 9.68. The van der Waals surface area contributed by atoms with Crippen LogP contribution < -0.4 is 5.32 Å². The fourth-order valence-corrected chi connectivity index (χ4v) is 6.35. The fourth-order valence-electron chi connectivity index (χ4n) is 5.17. The summed E-state index contributed by atoms with van der Waals surface area (Å²) in [7, 11) is -3.35. The number of fused-ring (bicyclic) bond motifs is 1. The third kappa shape index (κ3) is 3.54. The number of nitrogens with zero attached hydrogens (tertiary/aromatic N) is 1. The fraction of sp³-hybridized carbons (Fsp3) is 0.632. The molecule has 5 rings (SSSR count). The largest absolute Gasteiger partial charge is 0.337 e. The van der Waals surface area contributed by atoms with E-state index in [9.17, 15) is 13.2 Å². The van der Waals surface area contributed by atoms with Crippen LogP contribution in [0.15, 0.2) is 35.2 Å². The van der Waals surface area contributed by atoms with Crippen molar-refractivity contribution >= 4 is 15.9 Å². The normalized spacial score (nSPS) is 31.0. The van der Waals surface area contributed by atoms with Crippen LogP contribution >= 0.6 is 0 Å². The topological polar surface area (TPSA) is 66.5 Å². The molecule has 5 nitrogen and oxygen atoms in total. The Bertz CT molecular complexity index is 720. The van der Waals surface area contributed by atoms with Gasteiger partial charge in [0.05, 0.1) is 10.6 Å². The van der Waals surface area contributed by atoms with Crippen molar-refractivity contribution in [3.63, 3.8) is 0 Å². The maximum Gasteiger partial charge on any atom is 0.317 e. The Morgan fingerprint density at radius 3 is 2.32 bits per heavy atom. The van der Waals surface area contributed by atoms with Gasteiger partial charge in [0.25, 0.3) is 0 Å². The second-order valence-electron chi connectivity index (χ2n) is 7.95. The van der Waals surface area contributed by atoms with Crippen LogP contribution in [0.1, 0.15) is 32.1 Å². The van der Waals surface area contributed by atoms with Crippen LogP contribution in [-0.2, 0) is 9.84 Å². The number of amides is 2. The minimum Gasteiger partial charge on any atom is -0.337 e. The number of benzene rings is 1. The molecule has 1 aromatic carbocycles. The first-order chi connectivity index (χ1) is 12.0. The van der Waals surface area contributed by atoms with Gasteiger partial charge in [0.1, 0.15) is 0 Å². The Balaban J connectivity index is 1.35. The van der Waals surface area contributed by atoms with Crippen LogP contribution in [0.4, 0.5) is 4.79 Å². The molecule has 4 bridgehead atoms. The molecule has 0 spiro atoms. The summed E-state index contributed by atoms with van der Waals surface area (Å²) in [5.74, 6) is 2.16. The number of hydrogen-bond acceptors (Lipinski definition) is 3. The van der Waals surface area contributed by atoms with Gasteiger partial charge < -0.3 is 10.2 Å². The summed E-state index contributed by atoms with van der Waals surface area (Å²) < 4.78 is 24.6. The summed E-state index contributed by atoms with van der Waals surface area (Å²) in [6.45, 7) is 1.01. The highest BCUT2D eigenvalue weighted by Gasteiger charge is 2.44. The summed E-state index contributed by atoms with van der Waals surface area (Å²) in [6, 6.07) is 8.69. The first-order valence-electron chi connectivity index (χ1n) is 9.33. The minimum absolute atomic E-state index is 0.0596. The van der Waals surface area contributed by atoms with Gasteiger partial charge in [0.15, 0.2) is 9.84 Å². The van der Waals surface area contributed by atoms with Gasteiger partial charge in [0, 0.05) is 19.1 Å². The summed E-state index contributed by atoms with van der Waals surface area (Å²) >= 11 is 0. The standard InChI is InChI=1S/C19H26N2O3S/c22-19(20-6-7-25(23,24)18-4-2-1-3-5-18)21-13-16-9-14-8-15(10-16)12-17(21)11-14/h1-5,14-17H,6-13H2,(H,20,22). The number of rotatable bonds is 4. The van der Waals surface area contributed by atoms with Crippen molar-refractivity contribution in [3.8, 4) is 0 Å². The van der Waals surface area contributed by atoms with Gasteiger partial charge in [-0.05, 0) is 62.0 Å². The van der Waals surface area contributed by atoms with Crippen LogP contribution in [0.3, 0.4) is 0 Å². The summed E-state index contributed by atoms with van der Waals surface area (Å²) in [4.78, 5) is 15.0. The molecule has 6 heteroatoms. The number of carbonyl (C=O) groups excluding carboxylic acids is 1. The molecular formula is C19H26N2O3S. The van der Waals surface area contributed by atoms with E-state index in [1.54, 1.807) is 30.3 Å². The second-order valence-corrected chi connectivity index (χ2v) is 10.1. The van der Waals surface area contributed by atoms with Gasteiger partial charge in [-0.1, -0.05) is 18.2 Å². The van der Waals surface area contributed by atoms with E-state index in [0.29, 0.717) is 16.9 Å². The molecule has 0 aromatic heterocycles. The highest BCUT2D eigenvalue weighted by atomic mass is 32.2. The molecule has 1 N–H and O–H groups in total. The lowest BCUT2D eigenvalue weighted by molar-refractivity contribution is 0.132. The Morgan fingerprint density at radius 1 is 1.00 bits per heavy atom. The molecule has 0 radical (unpaired) electrons. The molecule has 25 heavy (non-hydrogen) atoms. The van der Waals surface area contributed by atoms with Crippen molar-refractivity contribution in [2.45, 2.75) is 43.0 Å². The van der Waals surface area contributed by atoms with E-state index in [-0.39, 0.29) is 18.3 Å². The monoisotopic (exact) mass is 362 g/mol. The SMILES string of the molecule is O=C(NCCS(=O)(=O)c1ccccc1)N1CC2CC3CC(C2)CC1C3. The van der Waals surface area contributed by atoms with Crippen molar-refractivity contribution in [2.75, 3.05) is 18.8 Å². The molecule has 2 aliphatic heterocycles. The molecule has 1 aromatic rings. The minimum atomic E-state index is -3.35. The number of nitrogens with one attached hydrogen (secondary N) is 1. The van der Waals surface area contributed by atoms with E-state index in [4.69, 9.17) is 0 Å². The van der Waals surface area contributed by atoms with Gasteiger partial charge in [-0.2, -0.15) is 0 Å². The molecule has 4 aliphatic rings. The molecule has 2 unspecified atom stereocenters. The van der Waals surface area contributed by atoms with Gasteiger partial charge in [-0.3, -0.25) is 0 Å². The van der Waals surface area contributed by atoms with Crippen molar-refractivity contribution in [2.24, 2.45) is 17.8 Å². The van der Waals surface area contributed by atoms with E-state index in [1.807, 2.05) is 4.90 Å². The van der Waals surface area contributed by atoms with Crippen LogP contribution in [0.2, 0.25) is 0 Å². The number of urea groups is 1. The number of hydrogen-bond donors (Lipinski definition) is 1. The lowest BCUT2D eigenvalue weighted by Gasteiger charge is -2.38. The Hall–Kier alpha value is -1.56. The molecule has 4 fully saturated rings. The van der Waals surface area contributed by atoms with Crippen LogP contribution in [0, 0.1) is 17.8 Å². The van der Waals surface area contributed by atoms with Gasteiger partial charge >= 0.3 is 6.03 Å². The maximum absolute atomic E-state index is 12.7. The molecule has 2 saturated carbocycles. The number of sulfone groups is 1. The highest BCUT2D eigenvalue weighted by Crippen LogP contribution is 2.47. The van der Waals surface area contributed by atoms with Gasteiger partial charge in [-0.25, -0.2) is 13.2 Å². The number of carbonyl (C=O) groups is 1. The van der Waals surface area contributed by atoms with Gasteiger partial charge in [-0.15, -0.1) is 0 Å². The molecule has 2 heterocycles. The predicted octanol–water partition coefficient (Wildman–Crippen LogP) is 2.68. The highest BCUT2D eigenvalue weighted by molar-refractivity contribution is 7.91. The summed E-state index contributed by atoms with van der Waals surface area (Å²) in [5.41, 5.74) is 0. The third-order valence-corrected chi connectivity index (χ3v) is 7.85. The summed E-state index contributed by atoms with van der Waals surface area (Å²) in [5, 5.41) is 2.86. The average molecular weight is 362 g/mol. The first kappa shape index (κ1) is 16.9. The Labute approximate surface area is 149 Å². The quantitative estimate of drug-likeness (QED) is 0.895. The zero-order chi connectivity index (χ0) is 17.4. The first-order valence-corrected chi connectivity index (χ1v) is 11.0. The summed E-state index contributed by atoms with van der Waals surface area (Å²) in [6.07, 6.45) is 6.13. The average Bonchev–Trinajstić information content (AvgIpc) is 2.79. The Morgan fingerprint density at radius 2 is 1.64 bits per heavy atom. The van der Waals surface area contributed by atoms with Crippen LogP contribution in [0.25, 0.3) is 0 Å². The van der Waals surface area contributed by atoms with E-state index >= 15 is 0 Å². The molecule has 136 valence electrons. The van der Waals surface area contributed by atoms with Crippen molar-refractivity contribution in [1.82, 2.24) is 10.2 Å².